The second-order valence-corrected chi connectivity index (χ2v) is 4.40. The lowest BCUT2D eigenvalue weighted by Gasteiger charge is -2.07. The van der Waals surface area contributed by atoms with Gasteiger partial charge in [0.15, 0.2) is 0 Å². The smallest absolute Gasteiger partial charge is 0.148 e. The SMILES string of the molecule is NCc1cc(C2CC2)n(-c2ccccc2F)n1. The van der Waals surface area contributed by atoms with Crippen LogP contribution >= 0.6 is 0 Å². The Bertz CT molecular complexity index is 543. The zero-order valence-corrected chi connectivity index (χ0v) is 9.44. The molecule has 1 aliphatic carbocycles. The summed E-state index contributed by atoms with van der Waals surface area (Å²) in [5.41, 5.74) is 8.00. The third-order valence-electron chi connectivity index (χ3n) is 3.07. The fraction of sp³-hybridized carbons (Fsp3) is 0.308. The van der Waals surface area contributed by atoms with Gasteiger partial charge in [-0.1, -0.05) is 12.1 Å². The zero-order chi connectivity index (χ0) is 11.8. The molecule has 0 unspecified atom stereocenters. The predicted octanol–water partition coefficient (Wildman–Crippen LogP) is 2.35. The van der Waals surface area contributed by atoms with Crippen molar-refractivity contribution in [1.82, 2.24) is 9.78 Å². The molecule has 0 aliphatic heterocycles. The highest BCUT2D eigenvalue weighted by Crippen LogP contribution is 2.41. The Hall–Kier alpha value is -1.68. The van der Waals surface area contributed by atoms with Gasteiger partial charge in [0.05, 0.1) is 5.69 Å². The lowest BCUT2D eigenvalue weighted by molar-refractivity contribution is 0.605. The third kappa shape index (κ3) is 1.85. The Labute approximate surface area is 99.1 Å². The minimum atomic E-state index is -0.249. The molecule has 2 aromatic rings. The van der Waals surface area contributed by atoms with E-state index >= 15 is 0 Å². The maximum atomic E-state index is 13.8. The summed E-state index contributed by atoms with van der Waals surface area (Å²) in [4.78, 5) is 0. The average molecular weight is 231 g/mol. The average Bonchev–Trinajstić information content (AvgIpc) is 3.10. The highest BCUT2D eigenvalue weighted by molar-refractivity contribution is 5.37. The van der Waals surface area contributed by atoms with E-state index in [0.717, 1.165) is 24.2 Å². The minimum Gasteiger partial charge on any atom is -0.325 e. The van der Waals surface area contributed by atoms with E-state index in [1.807, 2.05) is 12.1 Å². The molecule has 3 rings (SSSR count). The Kier molecular flexibility index (Phi) is 2.44. The number of hydrogen-bond acceptors (Lipinski definition) is 2. The van der Waals surface area contributed by atoms with Crippen LogP contribution in [0.15, 0.2) is 30.3 Å². The summed E-state index contributed by atoms with van der Waals surface area (Å²) < 4.78 is 15.5. The van der Waals surface area contributed by atoms with Gasteiger partial charge in [0.2, 0.25) is 0 Å². The number of nitrogens with zero attached hydrogens (tertiary/aromatic N) is 2. The van der Waals surface area contributed by atoms with E-state index in [2.05, 4.69) is 5.10 Å². The maximum absolute atomic E-state index is 13.8. The van der Waals surface area contributed by atoms with E-state index in [9.17, 15) is 4.39 Å². The molecule has 1 heterocycles. The summed E-state index contributed by atoms with van der Waals surface area (Å²) in [6.45, 7) is 0.390. The van der Waals surface area contributed by atoms with Gasteiger partial charge in [-0.2, -0.15) is 5.10 Å². The molecular weight excluding hydrogens is 217 g/mol. The van der Waals surface area contributed by atoms with Crippen LogP contribution in [0.5, 0.6) is 0 Å². The van der Waals surface area contributed by atoms with Crippen molar-refractivity contribution in [2.45, 2.75) is 25.3 Å². The highest BCUT2D eigenvalue weighted by Gasteiger charge is 2.28. The first-order valence-electron chi connectivity index (χ1n) is 5.83. The molecule has 3 nitrogen and oxygen atoms in total. The van der Waals surface area contributed by atoms with Crippen LogP contribution in [0.2, 0.25) is 0 Å². The molecule has 0 atom stereocenters. The molecule has 1 aromatic heterocycles. The molecule has 0 spiro atoms. The summed E-state index contributed by atoms with van der Waals surface area (Å²) in [6.07, 6.45) is 2.31. The standard InChI is InChI=1S/C13H14FN3/c14-11-3-1-2-4-12(11)17-13(9-5-6-9)7-10(8-15)16-17/h1-4,7,9H,5-6,8,15H2. The van der Waals surface area contributed by atoms with Crippen LogP contribution in [-0.2, 0) is 6.54 Å². The number of halogens is 1. The minimum absolute atomic E-state index is 0.249. The molecule has 1 fully saturated rings. The van der Waals surface area contributed by atoms with E-state index in [1.54, 1.807) is 16.8 Å². The van der Waals surface area contributed by atoms with Crippen molar-refractivity contribution in [2.75, 3.05) is 0 Å². The molecule has 17 heavy (non-hydrogen) atoms. The van der Waals surface area contributed by atoms with Crippen molar-refractivity contribution in [2.24, 2.45) is 5.73 Å². The number of para-hydroxylation sites is 1. The van der Waals surface area contributed by atoms with Gasteiger partial charge in [0.25, 0.3) is 0 Å². The Morgan fingerprint density at radius 1 is 1.35 bits per heavy atom. The van der Waals surface area contributed by atoms with E-state index in [-0.39, 0.29) is 5.82 Å². The van der Waals surface area contributed by atoms with Crippen LogP contribution in [0.25, 0.3) is 5.69 Å². The highest BCUT2D eigenvalue weighted by atomic mass is 19.1. The molecule has 1 saturated carbocycles. The van der Waals surface area contributed by atoms with Crippen molar-refractivity contribution in [1.29, 1.82) is 0 Å². The van der Waals surface area contributed by atoms with Crippen LogP contribution in [0.4, 0.5) is 4.39 Å². The number of nitrogens with two attached hydrogens (primary N) is 1. The molecule has 4 heteroatoms. The predicted molar refractivity (Wildman–Crippen MR) is 63.4 cm³/mol. The first kappa shape index (κ1) is 10.5. The number of benzene rings is 1. The summed E-state index contributed by atoms with van der Waals surface area (Å²) in [5.74, 6) is 0.267. The summed E-state index contributed by atoms with van der Waals surface area (Å²) in [7, 11) is 0. The number of aromatic nitrogens is 2. The molecule has 1 aromatic carbocycles. The first-order chi connectivity index (χ1) is 8.29. The van der Waals surface area contributed by atoms with E-state index in [1.165, 1.54) is 6.07 Å². The van der Waals surface area contributed by atoms with E-state index < -0.39 is 0 Å². The molecule has 1 aliphatic rings. The summed E-state index contributed by atoms with van der Waals surface area (Å²) in [5, 5.41) is 4.37. The maximum Gasteiger partial charge on any atom is 0.148 e. The Morgan fingerprint density at radius 3 is 2.76 bits per heavy atom. The lowest BCUT2D eigenvalue weighted by atomic mass is 10.2. The second-order valence-electron chi connectivity index (χ2n) is 4.40. The lowest BCUT2D eigenvalue weighted by Crippen LogP contribution is -2.04. The molecule has 2 N–H and O–H groups in total. The second kappa shape index (κ2) is 3.96. The summed E-state index contributed by atoms with van der Waals surface area (Å²) >= 11 is 0. The zero-order valence-electron chi connectivity index (χ0n) is 9.44. The van der Waals surface area contributed by atoms with Crippen molar-refractivity contribution in [3.05, 3.63) is 47.5 Å². The van der Waals surface area contributed by atoms with Gasteiger partial charge in [-0.15, -0.1) is 0 Å². The molecular formula is C13H14FN3. The molecule has 0 radical (unpaired) electrons. The van der Waals surface area contributed by atoms with Crippen LogP contribution in [-0.4, -0.2) is 9.78 Å². The Morgan fingerprint density at radius 2 is 2.12 bits per heavy atom. The summed E-state index contributed by atoms with van der Waals surface area (Å²) in [6, 6.07) is 8.69. The Balaban J connectivity index is 2.12. The van der Waals surface area contributed by atoms with Gasteiger partial charge < -0.3 is 5.73 Å². The fourth-order valence-electron chi connectivity index (χ4n) is 2.03. The van der Waals surface area contributed by atoms with Gasteiger partial charge in [-0.05, 0) is 31.0 Å². The van der Waals surface area contributed by atoms with E-state index in [4.69, 9.17) is 5.73 Å². The van der Waals surface area contributed by atoms with E-state index in [0.29, 0.717) is 18.2 Å². The molecule has 0 saturated heterocycles. The van der Waals surface area contributed by atoms with Gasteiger partial charge in [0.1, 0.15) is 11.5 Å². The number of rotatable bonds is 3. The van der Waals surface area contributed by atoms with Crippen LogP contribution in [0.1, 0.15) is 30.1 Å². The number of hydrogen-bond donors (Lipinski definition) is 1. The van der Waals surface area contributed by atoms with Crippen molar-refractivity contribution in [3.63, 3.8) is 0 Å². The van der Waals surface area contributed by atoms with Crippen LogP contribution in [0.3, 0.4) is 0 Å². The first-order valence-corrected chi connectivity index (χ1v) is 5.83. The van der Waals surface area contributed by atoms with Gasteiger partial charge >= 0.3 is 0 Å². The third-order valence-corrected chi connectivity index (χ3v) is 3.07. The molecule has 0 bridgehead atoms. The van der Waals surface area contributed by atoms with Gasteiger partial charge in [-0.3, -0.25) is 0 Å². The monoisotopic (exact) mass is 231 g/mol. The molecule has 0 amide bonds. The van der Waals surface area contributed by atoms with Crippen molar-refractivity contribution < 1.29 is 4.39 Å². The van der Waals surface area contributed by atoms with Gasteiger partial charge in [-0.25, -0.2) is 9.07 Å². The molecule has 88 valence electrons. The topological polar surface area (TPSA) is 43.8 Å². The van der Waals surface area contributed by atoms with Crippen molar-refractivity contribution in [3.8, 4) is 5.69 Å². The van der Waals surface area contributed by atoms with Crippen molar-refractivity contribution >= 4 is 0 Å². The largest absolute Gasteiger partial charge is 0.325 e. The van der Waals surface area contributed by atoms with Gasteiger partial charge in [0, 0.05) is 18.2 Å². The normalized spacial score (nSPS) is 15.2. The fourth-order valence-corrected chi connectivity index (χ4v) is 2.03. The van der Waals surface area contributed by atoms with Crippen LogP contribution in [0, 0.1) is 5.82 Å². The van der Waals surface area contributed by atoms with Crippen LogP contribution < -0.4 is 5.73 Å². The quantitative estimate of drug-likeness (QED) is 0.881.